The van der Waals surface area contributed by atoms with E-state index in [1.165, 1.54) is 5.01 Å². The van der Waals surface area contributed by atoms with E-state index in [1.807, 2.05) is 98.8 Å². The van der Waals surface area contributed by atoms with Crippen molar-refractivity contribution in [1.29, 1.82) is 0 Å². The van der Waals surface area contributed by atoms with Crippen molar-refractivity contribution in [2.45, 2.75) is 20.5 Å². The maximum atomic E-state index is 13.0. The number of hydrogen-bond donors (Lipinski definition) is 0. The largest absolute Gasteiger partial charge is 0.489 e. The Bertz CT molecular complexity index is 1100. The molecule has 144 valence electrons. The Labute approximate surface area is 170 Å². The Morgan fingerprint density at radius 2 is 1.69 bits per heavy atom. The third kappa shape index (κ3) is 4.11. The second kappa shape index (κ2) is 8.15. The van der Waals surface area contributed by atoms with Crippen LogP contribution in [0.5, 0.6) is 5.75 Å². The van der Waals surface area contributed by atoms with Crippen LogP contribution in [0.1, 0.15) is 23.6 Å². The van der Waals surface area contributed by atoms with Gasteiger partial charge in [0.2, 0.25) is 0 Å². The predicted octanol–water partition coefficient (Wildman–Crippen LogP) is 5.38. The highest BCUT2D eigenvalue weighted by Gasteiger charge is 2.29. The van der Waals surface area contributed by atoms with E-state index in [-0.39, 0.29) is 5.91 Å². The molecule has 0 N–H and O–H groups in total. The summed E-state index contributed by atoms with van der Waals surface area (Å²) in [5, 5.41) is 5.96. The molecule has 4 nitrogen and oxygen atoms in total. The number of rotatable bonds is 5. The highest BCUT2D eigenvalue weighted by Crippen LogP contribution is 2.28. The van der Waals surface area contributed by atoms with Crippen LogP contribution in [0.15, 0.2) is 89.5 Å². The van der Waals surface area contributed by atoms with Gasteiger partial charge < -0.3 is 4.74 Å². The van der Waals surface area contributed by atoms with Crippen molar-refractivity contribution in [3.8, 4) is 5.75 Å². The number of anilines is 1. The molecule has 1 aliphatic heterocycles. The molecule has 0 unspecified atom stereocenters. The van der Waals surface area contributed by atoms with Gasteiger partial charge in [-0.05, 0) is 54.8 Å². The fraction of sp³-hybridized carbons (Fsp3) is 0.120. The highest BCUT2D eigenvalue weighted by atomic mass is 16.5. The van der Waals surface area contributed by atoms with Crippen molar-refractivity contribution in [2.24, 2.45) is 5.10 Å². The van der Waals surface area contributed by atoms with E-state index < -0.39 is 0 Å². The number of para-hydroxylation sites is 1. The van der Waals surface area contributed by atoms with Crippen LogP contribution < -0.4 is 9.75 Å². The van der Waals surface area contributed by atoms with Crippen LogP contribution in [0, 0.1) is 6.92 Å². The highest BCUT2D eigenvalue weighted by molar-refractivity contribution is 6.32. The lowest BCUT2D eigenvalue weighted by Gasteiger charge is -2.14. The minimum atomic E-state index is -0.118. The molecular formula is C25H22N2O2. The second-order valence-electron chi connectivity index (χ2n) is 6.99. The lowest BCUT2D eigenvalue weighted by molar-refractivity contribution is -0.114. The molecule has 0 aromatic heterocycles. The molecule has 1 amide bonds. The molecule has 0 saturated carbocycles. The smallest absolute Gasteiger partial charge is 0.280 e. The van der Waals surface area contributed by atoms with E-state index in [2.05, 4.69) is 5.10 Å². The molecule has 3 aromatic rings. The lowest BCUT2D eigenvalue weighted by Crippen LogP contribution is -2.22. The SMILES string of the molecule is CC1=NN(c2ccccc2C)C(=O)/C1=C/c1cccc(OCc2ccccc2)c1. The number of ether oxygens (including phenoxy) is 1. The number of benzene rings is 3. The first-order chi connectivity index (χ1) is 14.1. The molecule has 3 aromatic carbocycles. The fourth-order valence-corrected chi connectivity index (χ4v) is 3.25. The molecule has 0 bridgehead atoms. The third-order valence-corrected chi connectivity index (χ3v) is 4.82. The van der Waals surface area contributed by atoms with Crippen LogP contribution in [-0.4, -0.2) is 11.6 Å². The summed E-state index contributed by atoms with van der Waals surface area (Å²) in [6, 6.07) is 25.5. The van der Waals surface area contributed by atoms with Crippen molar-refractivity contribution < 1.29 is 9.53 Å². The zero-order chi connectivity index (χ0) is 20.2. The molecule has 0 aliphatic carbocycles. The summed E-state index contributed by atoms with van der Waals surface area (Å²) in [6.45, 7) is 4.34. The average Bonchev–Trinajstić information content (AvgIpc) is 3.02. The standard InChI is InChI=1S/C25H22N2O2/c1-18-9-6-7-14-24(18)27-25(28)23(19(2)26-27)16-21-12-8-13-22(15-21)29-17-20-10-4-3-5-11-20/h3-16H,17H2,1-2H3/b23-16+. The Kier molecular flexibility index (Phi) is 5.25. The van der Waals surface area contributed by atoms with Gasteiger partial charge in [-0.25, -0.2) is 0 Å². The molecule has 4 heteroatoms. The summed E-state index contributed by atoms with van der Waals surface area (Å²) in [7, 11) is 0. The molecule has 0 atom stereocenters. The molecule has 1 aliphatic rings. The van der Waals surface area contributed by atoms with Gasteiger partial charge in [-0.2, -0.15) is 10.1 Å². The van der Waals surface area contributed by atoms with Gasteiger partial charge in [-0.1, -0.05) is 60.7 Å². The van der Waals surface area contributed by atoms with Crippen LogP contribution >= 0.6 is 0 Å². The van der Waals surface area contributed by atoms with Crippen LogP contribution in [0.2, 0.25) is 0 Å². The molecule has 0 fully saturated rings. The first kappa shape index (κ1) is 18.7. The summed E-state index contributed by atoms with van der Waals surface area (Å²) in [5.74, 6) is 0.645. The Morgan fingerprint density at radius 1 is 0.931 bits per heavy atom. The van der Waals surface area contributed by atoms with E-state index in [9.17, 15) is 4.79 Å². The Hall–Kier alpha value is -3.66. The van der Waals surface area contributed by atoms with Gasteiger partial charge in [-0.15, -0.1) is 0 Å². The zero-order valence-electron chi connectivity index (χ0n) is 16.5. The molecule has 4 rings (SSSR count). The zero-order valence-corrected chi connectivity index (χ0v) is 16.5. The van der Waals surface area contributed by atoms with Crippen molar-refractivity contribution in [3.05, 3.63) is 101 Å². The summed E-state index contributed by atoms with van der Waals surface area (Å²) in [5.41, 5.74) is 5.12. The number of hydrazone groups is 1. The van der Waals surface area contributed by atoms with Crippen molar-refractivity contribution in [1.82, 2.24) is 0 Å². The molecule has 29 heavy (non-hydrogen) atoms. The Morgan fingerprint density at radius 3 is 2.48 bits per heavy atom. The molecule has 1 heterocycles. The fourth-order valence-electron chi connectivity index (χ4n) is 3.25. The van der Waals surface area contributed by atoms with E-state index >= 15 is 0 Å². The molecule has 0 spiro atoms. The van der Waals surface area contributed by atoms with Crippen molar-refractivity contribution in [3.63, 3.8) is 0 Å². The number of hydrogen-bond acceptors (Lipinski definition) is 3. The van der Waals surface area contributed by atoms with Gasteiger partial charge in [-0.3, -0.25) is 4.79 Å². The van der Waals surface area contributed by atoms with Gasteiger partial charge in [0, 0.05) is 0 Å². The minimum absolute atomic E-state index is 0.118. The monoisotopic (exact) mass is 382 g/mol. The molecule has 0 saturated heterocycles. The van der Waals surface area contributed by atoms with Gasteiger partial charge in [0.25, 0.3) is 5.91 Å². The van der Waals surface area contributed by atoms with Gasteiger partial charge >= 0.3 is 0 Å². The molecule has 0 radical (unpaired) electrons. The van der Waals surface area contributed by atoms with Crippen LogP contribution in [-0.2, 0) is 11.4 Å². The molecular weight excluding hydrogens is 360 g/mol. The van der Waals surface area contributed by atoms with Gasteiger partial charge in [0.15, 0.2) is 0 Å². The lowest BCUT2D eigenvalue weighted by atomic mass is 10.1. The van der Waals surface area contributed by atoms with Crippen molar-refractivity contribution in [2.75, 3.05) is 5.01 Å². The average molecular weight is 382 g/mol. The number of nitrogens with zero attached hydrogens (tertiary/aromatic N) is 2. The van der Waals surface area contributed by atoms with Crippen LogP contribution in [0.4, 0.5) is 5.69 Å². The van der Waals surface area contributed by atoms with Crippen molar-refractivity contribution >= 4 is 23.4 Å². The van der Waals surface area contributed by atoms with Crippen LogP contribution in [0.25, 0.3) is 6.08 Å². The number of amides is 1. The summed E-state index contributed by atoms with van der Waals surface area (Å²) in [6.07, 6.45) is 1.87. The first-order valence-electron chi connectivity index (χ1n) is 9.56. The topological polar surface area (TPSA) is 41.9 Å². The second-order valence-corrected chi connectivity index (χ2v) is 6.99. The van der Waals surface area contributed by atoms with Crippen LogP contribution in [0.3, 0.4) is 0 Å². The number of carbonyl (C=O) groups is 1. The third-order valence-electron chi connectivity index (χ3n) is 4.82. The quantitative estimate of drug-likeness (QED) is 0.556. The van der Waals surface area contributed by atoms with Gasteiger partial charge in [0.05, 0.1) is 17.0 Å². The Balaban J connectivity index is 1.54. The predicted molar refractivity (Wildman–Crippen MR) is 117 cm³/mol. The first-order valence-corrected chi connectivity index (χ1v) is 9.56. The van der Waals surface area contributed by atoms with E-state index in [0.717, 1.165) is 28.1 Å². The summed E-state index contributed by atoms with van der Waals surface area (Å²) in [4.78, 5) is 13.0. The van der Waals surface area contributed by atoms with E-state index in [1.54, 1.807) is 0 Å². The minimum Gasteiger partial charge on any atom is -0.489 e. The maximum Gasteiger partial charge on any atom is 0.280 e. The van der Waals surface area contributed by atoms with Gasteiger partial charge in [0.1, 0.15) is 12.4 Å². The van der Waals surface area contributed by atoms with E-state index in [0.29, 0.717) is 17.9 Å². The summed E-state index contributed by atoms with van der Waals surface area (Å²) >= 11 is 0. The number of carbonyl (C=O) groups excluding carboxylic acids is 1. The normalized spacial score (nSPS) is 15.0. The van der Waals surface area contributed by atoms with E-state index in [4.69, 9.17) is 4.74 Å². The number of aryl methyl sites for hydroxylation is 1. The summed E-state index contributed by atoms with van der Waals surface area (Å²) < 4.78 is 5.90. The maximum absolute atomic E-state index is 13.0.